The number of carbonyl (C=O) groups excluding carboxylic acids is 2. The van der Waals surface area contributed by atoms with Crippen LogP contribution in [0.5, 0.6) is 0 Å². The smallest absolute Gasteiger partial charge is 0.411 e. The van der Waals surface area contributed by atoms with Crippen LogP contribution in [0, 0.1) is 0 Å². The molecule has 1 aromatic rings. The van der Waals surface area contributed by atoms with Crippen molar-refractivity contribution in [2.45, 2.75) is 65.3 Å². The van der Waals surface area contributed by atoms with Crippen LogP contribution in [0.2, 0.25) is 0 Å². The lowest BCUT2D eigenvalue weighted by Crippen LogP contribution is -2.62. The van der Waals surface area contributed by atoms with E-state index >= 15 is 0 Å². The maximum atomic E-state index is 12.9. The van der Waals surface area contributed by atoms with E-state index < -0.39 is 17.7 Å². The maximum absolute atomic E-state index is 12.9. The molecule has 1 heterocycles. The number of rotatable bonds is 3. The summed E-state index contributed by atoms with van der Waals surface area (Å²) >= 11 is 0. The van der Waals surface area contributed by atoms with Crippen molar-refractivity contribution in [3.05, 3.63) is 35.9 Å². The Balaban J connectivity index is 2.15. The van der Waals surface area contributed by atoms with Crippen LogP contribution in [0.3, 0.4) is 0 Å². The van der Waals surface area contributed by atoms with E-state index in [0.717, 1.165) is 5.56 Å². The van der Waals surface area contributed by atoms with Gasteiger partial charge in [-0.2, -0.15) is 0 Å². The minimum absolute atomic E-state index is 0.00837. The molecule has 0 radical (unpaired) electrons. The molecule has 0 aliphatic carbocycles. The molecule has 132 valence electrons. The van der Waals surface area contributed by atoms with Crippen LogP contribution in [0.4, 0.5) is 4.79 Å². The van der Waals surface area contributed by atoms with E-state index in [1.54, 1.807) is 4.90 Å². The first kappa shape index (κ1) is 18.3. The van der Waals surface area contributed by atoms with Gasteiger partial charge in [0.15, 0.2) is 0 Å². The van der Waals surface area contributed by atoms with Crippen LogP contribution in [0.1, 0.15) is 46.6 Å². The van der Waals surface area contributed by atoms with E-state index in [1.807, 2.05) is 69.9 Å². The van der Waals surface area contributed by atoms with Gasteiger partial charge in [-0.25, -0.2) is 4.79 Å². The van der Waals surface area contributed by atoms with E-state index in [0.29, 0.717) is 19.5 Å². The summed E-state index contributed by atoms with van der Waals surface area (Å²) in [4.78, 5) is 28.8. The summed E-state index contributed by atoms with van der Waals surface area (Å²) in [6.07, 6.45) is 0.171. The summed E-state index contributed by atoms with van der Waals surface area (Å²) in [5, 5.41) is 0. The zero-order valence-corrected chi connectivity index (χ0v) is 15.3. The van der Waals surface area contributed by atoms with Gasteiger partial charge in [0.25, 0.3) is 0 Å². The fourth-order valence-corrected chi connectivity index (χ4v) is 2.98. The van der Waals surface area contributed by atoms with Gasteiger partial charge in [-0.3, -0.25) is 9.69 Å². The van der Waals surface area contributed by atoms with Crippen molar-refractivity contribution in [2.75, 3.05) is 6.54 Å². The van der Waals surface area contributed by atoms with E-state index in [-0.39, 0.29) is 11.9 Å². The number of hydrogen-bond donors (Lipinski definition) is 0. The molecule has 2 atom stereocenters. The molecule has 2 amide bonds. The Kier molecular flexibility index (Phi) is 5.52. The third-order valence-electron chi connectivity index (χ3n) is 4.15. The van der Waals surface area contributed by atoms with Crippen LogP contribution in [-0.4, -0.2) is 46.0 Å². The first-order valence-corrected chi connectivity index (χ1v) is 8.57. The highest BCUT2D eigenvalue weighted by atomic mass is 16.6. The molecular weight excluding hydrogens is 304 g/mol. The van der Waals surface area contributed by atoms with Gasteiger partial charge in [-0.15, -0.1) is 0 Å². The number of carbonyl (C=O) groups is 2. The van der Waals surface area contributed by atoms with Gasteiger partial charge in [-0.05, 0) is 39.7 Å². The second-order valence-corrected chi connectivity index (χ2v) is 7.36. The van der Waals surface area contributed by atoms with Crippen molar-refractivity contribution in [1.82, 2.24) is 9.80 Å². The van der Waals surface area contributed by atoms with Crippen molar-refractivity contribution in [1.29, 1.82) is 0 Å². The normalized spacial score (nSPS) is 21.8. The number of nitrogens with zero attached hydrogens (tertiary/aromatic N) is 2. The largest absolute Gasteiger partial charge is 0.444 e. The Bertz CT molecular complexity index is 580. The molecule has 1 fully saturated rings. The van der Waals surface area contributed by atoms with E-state index in [1.165, 1.54) is 0 Å². The van der Waals surface area contributed by atoms with Gasteiger partial charge in [0, 0.05) is 19.1 Å². The lowest BCUT2D eigenvalue weighted by atomic mass is 10.0. The summed E-state index contributed by atoms with van der Waals surface area (Å²) in [5.41, 5.74) is 0.529. The van der Waals surface area contributed by atoms with Crippen molar-refractivity contribution in [2.24, 2.45) is 0 Å². The summed E-state index contributed by atoms with van der Waals surface area (Å²) in [7, 11) is 0. The van der Waals surface area contributed by atoms with Crippen molar-refractivity contribution in [3.8, 4) is 0 Å². The minimum atomic E-state index is -0.567. The second-order valence-electron chi connectivity index (χ2n) is 7.36. The molecule has 0 aromatic heterocycles. The van der Waals surface area contributed by atoms with Gasteiger partial charge >= 0.3 is 6.09 Å². The fourth-order valence-electron chi connectivity index (χ4n) is 2.98. The number of hydrogen-bond acceptors (Lipinski definition) is 3. The summed E-state index contributed by atoms with van der Waals surface area (Å²) in [6, 6.07) is 9.43. The number of piperazine rings is 1. The third-order valence-corrected chi connectivity index (χ3v) is 4.15. The van der Waals surface area contributed by atoms with Crippen molar-refractivity contribution < 1.29 is 14.3 Å². The molecule has 24 heavy (non-hydrogen) atoms. The molecule has 0 bridgehead atoms. The highest BCUT2D eigenvalue weighted by molar-refractivity contribution is 5.87. The molecule has 1 saturated heterocycles. The third kappa shape index (κ3) is 4.28. The molecule has 1 aliphatic heterocycles. The molecule has 0 spiro atoms. The minimum Gasteiger partial charge on any atom is -0.444 e. The Morgan fingerprint density at radius 3 is 2.42 bits per heavy atom. The van der Waals surface area contributed by atoms with Crippen LogP contribution in [0.15, 0.2) is 30.3 Å². The molecule has 0 N–H and O–H groups in total. The average Bonchev–Trinajstić information content (AvgIpc) is 2.50. The lowest BCUT2D eigenvalue weighted by Gasteiger charge is -2.44. The topological polar surface area (TPSA) is 49.9 Å². The monoisotopic (exact) mass is 332 g/mol. The fraction of sp³-hybridized carbons (Fsp3) is 0.579. The molecule has 0 saturated carbocycles. The predicted molar refractivity (Wildman–Crippen MR) is 93.5 cm³/mol. The van der Waals surface area contributed by atoms with Gasteiger partial charge in [0.05, 0.1) is 0 Å². The first-order valence-electron chi connectivity index (χ1n) is 8.57. The van der Waals surface area contributed by atoms with Crippen molar-refractivity contribution >= 4 is 12.0 Å². The quantitative estimate of drug-likeness (QED) is 0.852. The summed E-state index contributed by atoms with van der Waals surface area (Å²) in [5.74, 6) is -0.00837. The molecule has 5 heteroatoms. The first-order chi connectivity index (χ1) is 11.2. The second kappa shape index (κ2) is 7.24. The zero-order valence-electron chi connectivity index (χ0n) is 15.3. The zero-order chi connectivity index (χ0) is 17.9. The Morgan fingerprint density at radius 2 is 1.88 bits per heavy atom. The molecule has 2 unspecified atom stereocenters. The summed E-state index contributed by atoms with van der Waals surface area (Å²) < 4.78 is 5.48. The van der Waals surface area contributed by atoms with E-state index in [2.05, 4.69) is 0 Å². The Labute approximate surface area is 144 Å². The molecule has 1 aliphatic rings. The number of benzene rings is 1. The van der Waals surface area contributed by atoms with Gasteiger partial charge in [-0.1, -0.05) is 37.3 Å². The van der Waals surface area contributed by atoms with Crippen LogP contribution in [0.25, 0.3) is 0 Å². The standard InChI is InChI=1S/C19H28N2O3/c1-6-16-17(22)20(13-15-10-8-7-9-11-15)14(2)12-21(16)18(23)24-19(3,4)5/h7-11,14,16H,6,12-13H2,1-5H3. The SMILES string of the molecule is CCC1C(=O)N(Cc2ccccc2)C(C)CN1C(=O)OC(C)(C)C. The van der Waals surface area contributed by atoms with Gasteiger partial charge in [0.2, 0.25) is 5.91 Å². The number of ether oxygens (including phenoxy) is 1. The van der Waals surface area contributed by atoms with Crippen LogP contribution < -0.4 is 0 Å². The maximum Gasteiger partial charge on any atom is 0.411 e. The number of amides is 2. The van der Waals surface area contributed by atoms with Crippen molar-refractivity contribution in [3.63, 3.8) is 0 Å². The molecule has 5 nitrogen and oxygen atoms in total. The van der Waals surface area contributed by atoms with Crippen LogP contribution in [-0.2, 0) is 16.1 Å². The van der Waals surface area contributed by atoms with Gasteiger partial charge < -0.3 is 9.64 Å². The van der Waals surface area contributed by atoms with Crippen LogP contribution >= 0.6 is 0 Å². The lowest BCUT2D eigenvalue weighted by molar-refractivity contribution is -0.146. The Hall–Kier alpha value is -2.04. The highest BCUT2D eigenvalue weighted by Gasteiger charge is 2.41. The summed E-state index contributed by atoms with van der Waals surface area (Å²) in [6.45, 7) is 10.5. The molecular formula is C19H28N2O3. The Morgan fingerprint density at radius 1 is 1.25 bits per heavy atom. The van der Waals surface area contributed by atoms with E-state index in [4.69, 9.17) is 4.74 Å². The van der Waals surface area contributed by atoms with E-state index in [9.17, 15) is 9.59 Å². The average molecular weight is 332 g/mol. The van der Waals surface area contributed by atoms with Gasteiger partial charge in [0.1, 0.15) is 11.6 Å². The predicted octanol–water partition coefficient (Wildman–Crippen LogP) is 3.43. The molecule has 1 aromatic carbocycles. The highest BCUT2D eigenvalue weighted by Crippen LogP contribution is 2.23. The molecule has 2 rings (SSSR count).